The minimum absolute atomic E-state index is 0.366. The first-order valence-electron chi connectivity index (χ1n) is 4.94. The van der Waals surface area contributed by atoms with Crippen molar-refractivity contribution in [3.8, 4) is 0 Å². The van der Waals surface area contributed by atoms with Gasteiger partial charge in [0.05, 0.1) is 18.9 Å². The van der Waals surface area contributed by atoms with Gasteiger partial charge in [-0.15, -0.1) is 0 Å². The van der Waals surface area contributed by atoms with Crippen molar-refractivity contribution in [1.82, 2.24) is 10.2 Å². The molecule has 3 rings (SSSR count). The molecular weight excluding hydrogens is 164 g/mol. The second-order valence-corrected chi connectivity index (χ2v) is 4.39. The fourth-order valence-electron chi connectivity index (χ4n) is 2.04. The van der Waals surface area contributed by atoms with Crippen LogP contribution in [0.3, 0.4) is 0 Å². The molecule has 3 nitrogen and oxygen atoms in total. The molecule has 1 fully saturated rings. The van der Waals surface area contributed by atoms with Crippen LogP contribution in [-0.4, -0.2) is 16.8 Å². The third-order valence-electron chi connectivity index (χ3n) is 3.27. The maximum Gasteiger partial charge on any atom is 0.0753 e. The van der Waals surface area contributed by atoms with E-state index in [1.807, 2.05) is 0 Å². The molecule has 1 aliphatic heterocycles. The lowest BCUT2D eigenvalue weighted by molar-refractivity contribution is 0.109. The van der Waals surface area contributed by atoms with E-state index in [1.165, 1.54) is 29.8 Å². The van der Waals surface area contributed by atoms with Gasteiger partial charge < -0.3 is 4.74 Å². The Bertz CT molecular complexity index is 339. The first kappa shape index (κ1) is 7.56. The smallest absolute Gasteiger partial charge is 0.0753 e. The van der Waals surface area contributed by atoms with Gasteiger partial charge in [-0.2, -0.15) is 5.10 Å². The van der Waals surface area contributed by atoms with E-state index in [9.17, 15) is 0 Å². The highest BCUT2D eigenvalue weighted by Crippen LogP contribution is 2.48. The summed E-state index contributed by atoms with van der Waals surface area (Å²) in [5.74, 6) is 0. The topological polar surface area (TPSA) is 37.9 Å². The van der Waals surface area contributed by atoms with Crippen LogP contribution in [-0.2, 0) is 23.2 Å². The highest BCUT2D eigenvalue weighted by Gasteiger charge is 2.43. The van der Waals surface area contributed by atoms with Crippen molar-refractivity contribution in [2.45, 2.75) is 38.2 Å². The van der Waals surface area contributed by atoms with Gasteiger partial charge in [0.2, 0.25) is 0 Å². The van der Waals surface area contributed by atoms with Crippen molar-refractivity contribution in [3.05, 3.63) is 17.0 Å². The van der Waals surface area contributed by atoms with E-state index in [-0.39, 0.29) is 0 Å². The highest BCUT2D eigenvalue weighted by atomic mass is 16.5. The molecular formula is C10H14N2O. The lowest BCUT2D eigenvalue weighted by Crippen LogP contribution is -2.12. The number of aromatic amines is 1. The zero-order valence-electron chi connectivity index (χ0n) is 7.89. The third kappa shape index (κ3) is 1.03. The van der Waals surface area contributed by atoms with E-state index in [2.05, 4.69) is 17.1 Å². The average molecular weight is 178 g/mol. The predicted octanol–water partition coefficient (Wildman–Crippen LogP) is 1.53. The van der Waals surface area contributed by atoms with Crippen LogP contribution >= 0.6 is 0 Å². The molecule has 2 heterocycles. The number of nitrogens with zero attached hydrogens (tertiary/aromatic N) is 1. The summed E-state index contributed by atoms with van der Waals surface area (Å²) in [5, 5.41) is 7.57. The van der Waals surface area contributed by atoms with Gasteiger partial charge in [-0.25, -0.2) is 0 Å². The SMILES string of the molecule is CC1(c2n[nH]c3c2COCC3)CC1. The van der Waals surface area contributed by atoms with Crippen molar-refractivity contribution < 1.29 is 4.74 Å². The number of ether oxygens (including phenoxy) is 1. The Morgan fingerprint density at radius 3 is 3.08 bits per heavy atom. The van der Waals surface area contributed by atoms with Crippen LogP contribution in [0.4, 0.5) is 0 Å². The molecule has 1 N–H and O–H groups in total. The number of rotatable bonds is 1. The molecule has 1 saturated carbocycles. The minimum atomic E-state index is 0.366. The molecule has 1 aliphatic carbocycles. The first-order valence-corrected chi connectivity index (χ1v) is 4.94. The monoisotopic (exact) mass is 178 g/mol. The van der Waals surface area contributed by atoms with Gasteiger partial charge in [0, 0.05) is 23.1 Å². The number of H-pyrrole nitrogens is 1. The molecule has 1 aromatic rings. The van der Waals surface area contributed by atoms with Crippen LogP contribution in [0.25, 0.3) is 0 Å². The first-order chi connectivity index (χ1) is 6.30. The Morgan fingerprint density at radius 1 is 1.46 bits per heavy atom. The number of hydrogen-bond acceptors (Lipinski definition) is 2. The molecule has 0 aromatic carbocycles. The average Bonchev–Trinajstić information content (AvgIpc) is 2.76. The zero-order valence-corrected chi connectivity index (χ0v) is 7.89. The van der Waals surface area contributed by atoms with E-state index < -0.39 is 0 Å². The number of fused-ring (bicyclic) bond motifs is 1. The molecule has 70 valence electrons. The Hall–Kier alpha value is -0.830. The van der Waals surface area contributed by atoms with Crippen LogP contribution < -0.4 is 0 Å². The van der Waals surface area contributed by atoms with Crippen molar-refractivity contribution in [1.29, 1.82) is 0 Å². The van der Waals surface area contributed by atoms with E-state index >= 15 is 0 Å². The minimum Gasteiger partial charge on any atom is -0.376 e. The maximum atomic E-state index is 5.46. The molecule has 13 heavy (non-hydrogen) atoms. The molecule has 0 spiro atoms. The van der Waals surface area contributed by atoms with Crippen LogP contribution in [0, 0.1) is 0 Å². The van der Waals surface area contributed by atoms with Gasteiger partial charge in [-0.05, 0) is 12.8 Å². The maximum absolute atomic E-state index is 5.46. The summed E-state index contributed by atoms with van der Waals surface area (Å²) in [6, 6.07) is 0. The Morgan fingerprint density at radius 2 is 2.31 bits per heavy atom. The van der Waals surface area contributed by atoms with Crippen molar-refractivity contribution >= 4 is 0 Å². The second-order valence-electron chi connectivity index (χ2n) is 4.39. The summed E-state index contributed by atoms with van der Waals surface area (Å²) in [6.07, 6.45) is 3.56. The van der Waals surface area contributed by atoms with E-state index in [4.69, 9.17) is 4.74 Å². The quantitative estimate of drug-likeness (QED) is 0.708. The summed E-state index contributed by atoms with van der Waals surface area (Å²) in [6.45, 7) is 3.89. The summed E-state index contributed by atoms with van der Waals surface area (Å²) in [7, 11) is 0. The van der Waals surface area contributed by atoms with Crippen LogP contribution in [0.1, 0.15) is 36.7 Å². The standard InChI is InChI=1S/C10H14N2O/c1-10(3-4-10)9-7-6-13-5-2-8(7)11-12-9/h2-6H2,1H3,(H,11,12). The fourth-order valence-corrected chi connectivity index (χ4v) is 2.04. The summed E-state index contributed by atoms with van der Waals surface area (Å²) < 4.78 is 5.46. The summed E-state index contributed by atoms with van der Waals surface area (Å²) >= 11 is 0. The molecule has 2 aliphatic rings. The highest BCUT2D eigenvalue weighted by molar-refractivity contribution is 5.35. The van der Waals surface area contributed by atoms with Crippen LogP contribution in [0.2, 0.25) is 0 Å². The second kappa shape index (κ2) is 2.35. The van der Waals surface area contributed by atoms with Gasteiger partial charge >= 0.3 is 0 Å². The van der Waals surface area contributed by atoms with Crippen molar-refractivity contribution in [2.75, 3.05) is 6.61 Å². The molecule has 0 bridgehead atoms. The molecule has 0 amide bonds. The fraction of sp³-hybridized carbons (Fsp3) is 0.700. The molecule has 0 atom stereocenters. The Kier molecular flexibility index (Phi) is 1.37. The number of aromatic nitrogens is 2. The van der Waals surface area contributed by atoms with E-state index in [0.29, 0.717) is 5.41 Å². The lowest BCUT2D eigenvalue weighted by atomic mass is 9.98. The molecule has 0 saturated heterocycles. The number of nitrogens with one attached hydrogen (secondary N) is 1. The van der Waals surface area contributed by atoms with Gasteiger partial charge in [0.15, 0.2) is 0 Å². The van der Waals surface area contributed by atoms with Gasteiger partial charge in [-0.3, -0.25) is 5.10 Å². The normalized spacial score (nSPS) is 24.1. The predicted molar refractivity (Wildman–Crippen MR) is 48.5 cm³/mol. The van der Waals surface area contributed by atoms with Crippen LogP contribution in [0.5, 0.6) is 0 Å². The van der Waals surface area contributed by atoms with Gasteiger partial charge in [0.25, 0.3) is 0 Å². The van der Waals surface area contributed by atoms with E-state index in [1.54, 1.807) is 0 Å². The molecule has 1 aromatic heterocycles. The van der Waals surface area contributed by atoms with Crippen molar-refractivity contribution in [3.63, 3.8) is 0 Å². The van der Waals surface area contributed by atoms with Gasteiger partial charge in [-0.1, -0.05) is 6.92 Å². The molecule has 0 radical (unpaired) electrons. The Balaban J connectivity index is 2.06. The molecule has 0 unspecified atom stereocenters. The lowest BCUT2D eigenvalue weighted by Gasteiger charge is -2.14. The Labute approximate surface area is 77.5 Å². The number of hydrogen-bond donors (Lipinski definition) is 1. The summed E-state index contributed by atoms with van der Waals surface area (Å²) in [4.78, 5) is 0. The largest absolute Gasteiger partial charge is 0.376 e. The third-order valence-corrected chi connectivity index (χ3v) is 3.27. The summed E-state index contributed by atoms with van der Waals surface area (Å²) in [5.41, 5.74) is 4.27. The van der Waals surface area contributed by atoms with Crippen LogP contribution in [0.15, 0.2) is 0 Å². The van der Waals surface area contributed by atoms with Crippen molar-refractivity contribution in [2.24, 2.45) is 0 Å². The zero-order chi connectivity index (χ0) is 8.89. The molecule has 3 heteroatoms. The van der Waals surface area contributed by atoms with Gasteiger partial charge in [0.1, 0.15) is 0 Å². The van der Waals surface area contributed by atoms with E-state index in [0.717, 1.165) is 19.6 Å².